The number of fused-ring (bicyclic) bond motifs is 1. The average Bonchev–Trinajstić information content (AvgIpc) is 3.21. The lowest BCUT2D eigenvalue weighted by Crippen LogP contribution is -2.45. The highest BCUT2D eigenvalue weighted by Crippen LogP contribution is 2.40. The van der Waals surface area contributed by atoms with Crippen molar-refractivity contribution in [2.75, 3.05) is 13.1 Å². The lowest BCUT2D eigenvalue weighted by Gasteiger charge is -2.34. The molecule has 2 saturated heterocycles. The van der Waals surface area contributed by atoms with Gasteiger partial charge in [0.1, 0.15) is 23.9 Å². The summed E-state index contributed by atoms with van der Waals surface area (Å²) in [5.41, 5.74) is 2.17. The van der Waals surface area contributed by atoms with E-state index in [0.29, 0.717) is 24.0 Å². The minimum atomic E-state index is -0.0852. The molecule has 2 aromatic rings. The Morgan fingerprint density at radius 1 is 1.32 bits per heavy atom. The number of H-pyrrole nitrogens is 1. The lowest BCUT2D eigenvalue weighted by molar-refractivity contribution is -0.00701. The first-order chi connectivity index (χ1) is 12.0. The maximum atomic E-state index is 12.9. The molecule has 8 nitrogen and oxygen atoms in total. The van der Waals surface area contributed by atoms with E-state index in [1.54, 1.807) is 0 Å². The quantitative estimate of drug-likeness (QED) is 0.888. The van der Waals surface area contributed by atoms with Gasteiger partial charge in [-0.1, -0.05) is 0 Å². The predicted molar refractivity (Wildman–Crippen MR) is 88.9 cm³/mol. The van der Waals surface area contributed by atoms with Gasteiger partial charge in [0.05, 0.1) is 6.10 Å². The first kappa shape index (κ1) is 16.1. The molecule has 1 amide bonds. The number of likely N-dealkylation sites (tertiary alicyclic amines) is 1. The molecule has 1 N–H and O–H groups in total. The Bertz CT molecular complexity index is 804. The maximum Gasteiger partial charge on any atom is 0.272 e. The van der Waals surface area contributed by atoms with Gasteiger partial charge in [-0.15, -0.1) is 0 Å². The molecule has 0 saturated carbocycles. The van der Waals surface area contributed by atoms with Crippen LogP contribution in [0.3, 0.4) is 0 Å². The number of nitrogens with one attached hydrogen (secondary N) is 1. The molecule has 4 rings (SSSR count). The second-order valence-corrected chi connectivity index (χ2v) is 6.91. The van der Waals surface area contributed by atoms with E-state index < -0.39 is 0 Å². The van der Waals surface area contributed by atoms with Gasteiger partial charge in [0.15, 0.2) is 5.82 Å². The van der Waals surface area contributed by atoms with Crippen LogP contribution in [0.1, 0.15) is 52.3 Å². The Labute approximate surface area is 146 Å². The monoisotopic (exact) mass is 342 g/mol. The summed E-state index contributed by atoms with van der Waals surface area (Å²) in [7, 11) is 0. The topological polar surface area (TPSA) is 96.9 Å². The van der Waals surface area contributed by atoms with Crippen molar-refractivity contribution < 1.29 is 9.53 Å². The van der Waals surface area contributed by atoms with Crippen LogP contribution in [0.2, 0.25) is 0 Å². The Hall–Kier alpha value is -2.35. The standard InChI is InChI=1S/C17H22N6O2/c1-9-10(2)18-8-19-15(9)17(24)23-5-4-12-6-13(25-14(12)7-23)16-20-11(3)21-22-16/h8,12-14H,4-7H2,1-3H3,(H,20,21,22)/t12?,13-,14-/m1/s1. The number of aromatic amines is 1. The predicted octanol–water partition coefficient (Wildman–Crippen LogP) is 1.51. The molecule has 4 heterocycles. The van der Waals surface area contributed by atoms with E-state index in [0.717, 1.165) is 36.5 Å². The highest BCUT2D eigenvalue weighted by molar-refractivity contribution is 5.93. The molecule has 25 heavy (non-hydrogen) atoms. The van der Waals surface area contributed by atoms with Crippen molar-refractivity contribution in [2.24, 2.45) is 5.92 Å². The van der Waals surface area contributed by atoms with Gasteiger partial charge in [-0.3, -0.25) is 9.89 Å². The van der Waals surface area contributed by atoms with Crippen molar-refractivity contribution in [3.05, 3.63) is 34.9 Å². The number of carbonyl (C=O) groups is 1. The molecular weight excluding hydrogens is 320 g/mol. The minimum absolute atomic E-state index is 0.0322. The molecule has 0 spiro atoms. The van der Waals surface area contributed by atoms with Crippen LogP contribution in [-0.2, 0) is 4.74 Å². The van der Waals surface area contributed by atoms with Gasteiger partial charge in [-0.05, 0) is 39.5 Å². The molecule has 3 atom stereocenters. The van der Waals surface area contributed by atoms with Crippen LogP contribution >= 0.6 is 0 Å². The zero-order valence-electron chi connectivity index (χ0n) is 14.7. The number of nitrogens with zero attached hydrogens (tertiary/aromatic N) is 5. The van der Waals surface area contributed by atoms with E-state index in [9.17, 15) is 4.79 Å². The summed E-state index contributed by atoms with van der Waals surface area (Å²) < 4.78 is 6.16. The largest absolute Gasteiger partial charge is 0.365 e. The van der Waals surface area contributed by atoms with Gasteiger partial charge in [-0.25, -0.2) is 15.0 Å². The third-order valence-electron chi connectivity index (χ3n) is 5.28. The van der Waals surface area contributed by atoms with Gasteiger partial charge in [0, 0.05) is 24.3 Å². The Morgan fingerprint density at radius 2 is 2.16 bits per heavy atom. The Kier molecular flexibility index (Phi) is 3.99. The van der Waals surface area contributed by atoms with Gasteiger partial charge in [0.2, 0.25) is 0 Å². The van der Waals surface area contributed by atoms with Crippen LogP contribution in [-0.4, -0.2) is 55.1 Å². The number of ether oxygens (including phenoxy) is 1. The van der Waals surface area contributed by atoms with Gasteiger partial charge in [-0.2, -0.15) is 5.10 Å². The second-order valence-electron chi connectivity index (χ2n) is 6.91. The summed E-state index contributed by atoms with van der Waals surface area (Å²) in [6.07, 6.45) is 3.24. The third-order valence-corrected chi connectivity index (χ3v) is 5.28. The summed E-state index contributed by atoms with van der Waals surface area (Å²) in [4.78, 5) is 27.4. The molecule has 2 aliphatic heterocycles. The maximum absolute atomic E-state index is 12.9. The van der Waals surface area contributed by atoms with E-state index in [-0.39, 0.29) is 18.1 Å². The Balaban J connectivity index is 1.47. The van der Waals surface area contributed by atoms with E-state index in [1.807, 2.05) is 25.7 Å². The second kappa shape index (κ2) is 6.18. The first-order valence-corrected chi connectivity index (χ1v) is 8.64. The summed E-state index contributed by atoms with van der Waals surface area (Å²) in [6, 6.07) is 0. The number of carbonyl (C=O) groups excluding carboxylic acids is 1. The Morgan fingerprint density at radius 3 is 2.92 bits per heavy atom. The zero-order valence-corrected chi connectivity index (χ0v) is 14.7. The van der Waals surface area contributed by atoms with E-state index in [1.165, 1.54) is 6.33 Å². The summed E-state index contributed by atoms with van der Waals surface area (Å²) >= 11 is 0. The van der Waals surface area contributed by atoms with E-state index in [2.05, 4.69) is 25.1 Å². The van der Waals surface area contributed by atoms with Crippen molar-refractivity contribution >= 4 is 5.91 Å². The van der Waals surface area contributed by atoms with Gasteiger partial charge < -0.3 is 9.64 Å². The molecule has 0 bridgehead atoms. The number of aromatic nitrogens is 5. The van der Waals surface area contributed by atoms with Crippen molar-refractivity contribution in [1.82, 2.24) is 30.0 Å². The normalized spacial score (nSPS) is 25.9. The molecule has 1 unspecified atom stereocenters. The van der Waals surface area contributed by atoms with Crippen LogP contribution in [0.25, 0.3) is 0 Å². The number of hydrogen-bond donors (Lipinski definition) is 1. The molecule has 2 fully saturated rings. The fourth-order valence-corrected chi connectivity index (χ4v) is 3.69. The highest BCUT2D eigenvalue weighted by atomic mass is 16.5. The van der Waals surface area contributed by atoms with E-state index >= 15 is 0 Å². The molecule has 0 radical (unpaired) electrons. The molecular formula is C17H22N6O2. The average molecular weight is 342 g/mol. The minimum Gasteiger partial charge on any atom is -0.365 e. The zero-order chi connectivity index (χ0) is 17.6. The SMILES string of the molecule is Cc1nc([C@H]2CC3CCN(C(=O)c4ncnc(C)c4C)C[C@H]3O2)n[nH]1. The van der Waals surface area contributed by atoms with E-state index in [4.69, 9.17) is 4.74 Å². The van der Waals surface area contributed by atoms with Crippen molar-refractivity contribution in [3.8, 4) is 0 Å². The number of amides is 1. The van der Waals surface area contributed by atoms with Crippen molar-refractivity contribution in [3.63, 3.8) is 0 Å². The summed E-state index contributed by atoms with van der Waals surface area (Å²) in [5, 5.41) is 7.09. The molecule has 2 aliphatic rings. The molecule has 0 aliphatic carbocycles. The highest BCUT2D eigenvalue weighted by Gasteiger charge is 2.42. The van der Waals surface area contributed by atoms with Crippen LogP contribution < -0.4 is 0 Å². The van der Waals surface area contributed by atoms with Crippen LogP contribution in [0.15, 0.2) is 6.33 Å². The smallest absolute Gasteiger partial charge is 0.272 e. The van der Waals surface area contributed by atoms with Crippen LogP contribution in [0, 0.1) is 26.7 Å². The summed E-state index contributed by atoms with van der Waals surface area (Å²) in [6.45, 7) is 6.98. The number of rotatable bonds is 2. The number of piperidine rings is 1. The first-order valence-electron chi connectivity index (χ1n) is 8.64. The molecule has 132 valence electrons. The summed E-state index contributed by atoms with van der Waals surface area (Å²) in [5.74, 6) is 1.91. The van der Waals surface area contributed by atoms with Crippen LogP contribution in [0.4, 0.5) is 0 Å². The third kappa shape index (κ3) is 2.90. The van der Waals surface area contributed by atoms with Gasteiger partial charge >= 0.3 is 0 Å². The molecule has 0 aromatic carbocycles. The van der Waals surface area contributed by atoms with Gasteiger partial charge in [0.25, 0.3) is 5.91 Å². The number of aryl methyl sites for hydroxylation is 2. The fourth-order valence-electron chi connectivity index (χ4n) is 3.69. The van der Waals surface area contributed by atoms with Crippen molar-refractivity contribution in [2.45, 2.75) is 45.8 Å². The number of hydrogen-bond acceptors (Lipinski definition) is 6. The fraction of sp³-hybridized carbons (Fsp3) is 0.588. The molecule has 2 aromatic heterocycles. The van der Waals surface area contributed by atoms with Crippen molar-refractivity contribution in [1.29, 1.82) is 0 Å². The molecule has 8 heteroatoms. The van der Waals surface area contributed by atoms with Crippen LogP contribution in [0.5, 0.6) is 0 Å². The lowest BCUT2D eigenvalue weighted by atomic mass is 9.91.